The number of carbonyl (C=O) groups excluding carboxylic acids is 1. The van der Waals surface area contributed by atoms with Gasteiger partial charge in [0, 0.05) is 5.82 Å². The summed E-state index contributed by atoms with van der Waals surface area (Å²) >= 11 is 0. The van der Waals surface area contributed by atoms with Crippen molar-refractivity contribution in [2.75, 3.05) is 0 Å². The number of hydrogen-bond acceptors (Lipinski definition) is 5. The Kier molecular flexibility index (Phi) is 1.86. The molecule has 0 amide bonds. The van der Waals surface area contributed by atoms with Gasteiger partial charge in [0.2, 0.25) is 0 Å². The number of aromatic nitrogens is 4. The number of tetrazole rings is 1. The first-order valence-electron chi connectivity index (χ1n) is 5.37. The normalized spacial score (nSPS) is 23.2. The highest BCUT2D eigenvalue weighted by atomic mass is 16.6. The summed E-state index contributed by atoms with van der Waals surface area (Å²) in [4.78, 5) is 11.8. The molecule has 0 radical (unpaired) electrons. The van der Waals surface area contributed by atoms with Gasteiger partial charge in [-0.05, 0) is 38.2 Å². The lowest BCUT2D eigenvalue weighted by Gasteiger charge is -2.23. The summed E-state index contributed by atoms with van der Waals surface area (Å²) in [5, 5.41) is 14.2. The lowest BCUT2D eigenvalue weighted by atomic mass is 9.91. The van der Waals surface area contributed by atoms with E-state index in [2.05, 4.69) is 20.6 Å². The quantitative estimate of drug-likeness (QED) is 0.639. The zero-order valence-electron chi connectivity index (χ0n) is 8.93. The number of ether oxygens (including phenoxy) is 1. The van der Waals surface area contributed by atoms with Crippen LogP contribution in [0.3, 0.4) is 0 Å². The van der Waals surface area contributed by atoms with E-state index in [-0.39, 0.29) is 11.8 Å². The first-order chi connectivity index (χ1) is 7.73. The Hall–Kier alpha value is -1.72. The van der Waals surface area contributed by atoms with Crippen molar-refractivity contribution in [1.29, 1.82) is 0 Å². The summed E-state index contributed by atoms with van der Waals surface area (Å²) in [6.45, 7) is 1.92. The van der Waals surface area contributed by atoms with Crippen molar-refractivity contribution in [2.45, 2.75) is 38.2 Å². The molecule has 0 unspecified atom stereocenters. The number of hydrogen-bond donors (Lipinski definition) is 0. The standard InChI is InChI=1S/C10H11N4O2/c1-6-7(8-11-13-14-12-8)9(15)16-10(6)4-2-3-5-10/h2-5H2,1H3/q-1. The van der Waals surface area contributed by atoms with E-state index < -0.39 is 5.60 Å². The maximum atomic E-state index is 11.8. The largest absolute Gasteiger partial charge is 0.451 e. The minimum absolute atomic E-state index is 0.284. The fourth-order valence-electron chi connectivity index (χ4n) is 2.61. The second-order valence-electron chi connectivity index (χ2n) is 4.29. The van der Waals surface area contributed by atoms with Gasteiger partial charge in [-0.1, -0.05) is 0 Å². The SMILES string of the molecule is CC1=C(c2nnn[n-]2)C(=O)OC12CCCC2. The van der Waals surface area contributed by atoms with Crippen LogP contribution in [-0.2, 0) is 9.53 Å². The summed E-state index contributed by atoms with van der Waals surface area (Å²) in [5.41, 5.74) is 0.990. The molecule has 16 heavy (non-hydrogen) atoms. The van der Waals surface area contributed by atoms with Crippen molar-refractivity contribution >= 4 is 11.5 Å². The number of carbonyl (C=O) groups is 1. The molecule has 0 N–H and O–H groups in total. The lowest BCUT2D eigenvalue weighted by Crippen LogP contribution is -2.26. The minimum Gasteiger partial charge on any atom is -0.451 e. The van der Waals surface area contributed by atoms with Gasteiger partial charge in [0.25, 0.3) is 0 Å². The molecule has 84 valence electrons. The van der Waals surface area contributed by atoms with E-state index in [1.54, 1.807) is 0 Å². The summed E-state index contributed by atoms with van der Waals surface area (Å²) < 4.78 is 5.51. The van der Waals surface area contributed by atoms with E-state index >= 15 is 0 Å². The van der Waals surface area contributed by atoms with Gasteiger partial charge < -0.3 is 9.84 Å². The highest BCUT2D eigenvalue weighted by Crippen LogP contribution is 2.46. The molecule has 2 aliphatic rings. The van der Waals surface area contributed by atoms with Gasteiger partial charge in [0.15, 0.2) is 0 Å². The fraction of sp³-hybridized carbons (Fsp3) is 0.600. The van der Waals surface area contributed by atoms with Gasteiger partial charge in [0.05, 0.1) is 5.57 Å². The predicted molar refractivity (Wildman–Crippen MR) is 53.0 cm³/mol. The molecule has 1 aromatic rings. The number of esters is 1. The molecule has 1 aliphatic heterocycles. The van der Waals surface area contributed by atoms with Crippen LogP contribution >= 0.6 is 0 Å². The number of rotatable bonds is 1. The second-order valence-corrected chi connectivity index (χ2v) is 4.29. The Balaban J connectivity index is 2.09. The molecule has 6 nitrogen and oxygen atoms in total. The average Bonchev–Trinajstić information content (AvgIpc) is 2.92. The van der Waals surface area contributed by atoms with Crippen molar-refractivity contribution in [3.05, 3.63) is 11.4 Å². The van der Waals surface area contributed by atoms with Gasteiger partial charge in [-0.15, -0.1) is 0 Å². The van der Waals surface area contributed by atoms with E-state index in [9.17, 15) is 4.79 Å². The van der Waals surface area contributed by atoms with Crippen LogP contribution in [0.25, 0.3) is 5.57 Å². The van der Waals surface area contributed by atoms with Gasteiger partial charge >= 0.3 is 5.97 Å². The average molecular weight is 219 g/mol. The van der Waals surface area contributed by atoms with Crippen LogP contribution in [0.4, 0.5) is 0 Å². The Morgan fingerprint density at radius 2 is 2.12 bits per heavy atom. The summed E-state index contributed by atoms with van der Waals surface area (Å²) in [6, 6.07) is 0. The first-order valence-corrected chi connectivity index (χ1v) is 5.37. The predicted octanol–water partition coefficient (Wildman–Crippen LogP) is 0.472. The van der Waals surface area contributed by atoms with Crippen molar-refractivity contribution < 1.29 is 9.53 Å². The molecule has 1 spiro atoms. The van der Waals surface area contributed by atoms with E-state index in [0.29, 0.717) is 5.57 Å². The molecule has 3 rings (SSSR count). The molecule has 1 fully saturated rings. The van der Waals surface area contributed by atoms with E-state index in [1.807, 2.05) is 6.92 Å². The first kappa shape index (κ1) is 9.50. The van der Waals surface area contributed by atoms with Crippen LogP contribution in [0.15, 0.2) is 5.57 Å². The van der Waals surface area contributed by atoms with E-state index in [0.717, 1.165) is 31.3 Å². The van der Waals surface area contributed by atoms with E-state index in [1.165, 1.54) is 0 Å². The topological polar surface area (TPSA) is 79.1 Å². The zero-order valence-corrected chi connectivity index (χ0v) is 8.93. The van der Waals surface area contributed by atoms with Crippen molar-refractivity contribution in [1.82, 2.24) is 20.6 Å². The molecule has 0 atom stereocenters. The molecule has 0 saturated heterocycles. The second kappa shape index (κ2) is 3.13. The van der Waals surface area contributed by atoms with Gasteiger partial charge in [-0.25, -0.2) is 4.79 Å². The summed E-state index contributed by atoms with van der Waals surface area (Å²) in [5.74, 6) is -0.0551. The van der Waals surface area contributed by atoms with Crippen LogP contribution in [0, 0.1) is 0 Å². The molecular weight excluding hydrogens is 208 g/mol. The van der Waals surface area contributed by atoms with Gasteiger partial charge in [-0.2, -0.15) is 5.21 Å². The zero-order chi connectivity index (χ0) is 11.2. The van der Waals surface area contributed by atoms with Gasteiger partial charge in [-0.3, -0.25) is 10.3 Å². The summed E-state index contributed by atoms with van der Waals surface area (Å²) in [7, 11) is 0. The molecule has 6 heteroatoms. The van der Waals surface area contributed by atoms with Crippen LogP contribution in [-0.4, -0.2) is 27.1 Å². The van der Waals surface area contributed by atoms with E-state index in [4.69, 9.17) is 4.74 Å². The minimum atomic E-state index is -0.396. The maximum Gasteiger partial charge on any atom is 0.340 e. The van der Waals surface area contributed by atoms with Crippen LogP contribution in [0.1, 0.15) is 38.4 Å². The van der Waals surface area contributed by atoms with Crippen molar-refractivity contribution in [2.24, 2.45) is 0 Å². The summed E-state index contributed by atoms with van der Waals surface area (Å²) in [6.07, 6.45) is 3.98. The Morgan fingerprint density at radius 1 is 1.38 bits per heavy atom. The maximum absolute atomic E-state index is 11.8. The molecular formula is C10H11N4O2-. The third-order valence-electron chi connectivity index (χ3n) is 3.50. The lowest BCUT2D eigenvalue weighted by molar-refractivity contribution is -0.144. The molecule has 0 bridgehead atoms. The molecule has 2 heterocycles. The Morgan fingerprint density at radius 3 is 2.75 bits per heavy atom. The third-order valence-corrected chi connectivity index (χ3v) is 3.50. The Bertz CT molecular complexity index is 457. The molecule has 1 aliphatic carbocycles. The fourth-order valence-corrected chi connectivity index (χ4v) is 2.61. The van der Waals surface area contributed by atoms with Crippen LogP contribution in [0.5, 0.6) is 0 Å². The van der Waals surface area contributed by atoms with Gasteiger partial charge in [0.1, 0.15) is 5.60 Å². The Labute approximate surface area is 92.1 Å². The van der Waals surface area contributed by atoms with Crippen LogP contribution < -0.4 is 5.10 Å². The molecule has 1 saturated carbocycles. The monoisotopic (exact) mass is 219 g/mol. The number of nitrogens with zero attached hydrogens (tertiary/aromatic N) is 4. The van der Waals surface area contributed by atoms with Crippen molar-refractivity contribution in [3.8, 4) is 0 Å². The highest BCUT2D eigenvalue weighted by molar-refractivity contribution is 6.18. The molecule has 0 aromatic carbocycles. The third kappa shape index (κ3) is 1.12. The molecule has 1 aromatic heterocycles. The smallest absolute Gasteiger partial charge is 0.340 e. The van der Waals surface area contributed by atoms with Crippen molar-refractivity contribution in [3.63, 3.8) is 0 Å². The highest BCUT2D eigenvalue weighted by Gasteiger charge is 2.47. The van der Waals surface area contributed by atoms with Crippen LogP contribution in [0.2, 0.25) is 0 Å².